The number of amides is 1. The highest BCUT2D eigenvalue weighted by Gasteiger charge is 2.30. The van der Waals surface area contributed by atoms with Crippen LogP contribution in [0.2, 0.25) is 5.02 Å². The van der Waals surface area contributed by atoms with Crippen molar-refractivity contribution in [3.63, 3.8) is 0 Å². The van der Waals surface area contributed by atoms with Crippen LogP contribution in [-0.2, 0) is 15.4 Å². The zero-order valence-electron chi connectivity index (χ0n) is 17.3. The summed E-state index contributed by atoms with van der Waals surface area (Å²) in [4.78, 5) is 14.7. The van der Waals surface area contributed by atoms with Gasteiger partial charge in [-0.1, -0.05) is 44.5 Å². The highest BCUT2D eigenvalue weighted by atomic mass is 35.5. The lowest BCUT2D eigenvalue weighted by Gasteiger charge is -2.34. The quantitative estimate of drug-likeness (QED) is 0.730. The molecule has 1 fully saturated rings. The largest absolute Gasteiger partial charge is 0.336 e. The summed E-state index contributed by atoms with van der Waals surface area (Å²) >= 11 is 6.06. The van der Waals surface area contributed by atoms with Gasteiger partial charge in [0, 0.05) is 36.8 Å². The molecule has 0 saturated carbocycles. The number of nitrogens with zero attached hydrogens (tertiary/aromatic N) is 2. The van der Waals surface area contributed by atoms with Gasteiger partial charge in [0.15, 0.2) is 0 Å². The van der Waals surface area contributed by atoms with E-state index in [2.05, 4.69) is 20.8 Å². The minimum Gasteiger partial charge on any atom is -0.336 e. The van der Waals surface area contributed by atoms with Gasteiger partial charge in [0.05, 0.1) is 4.90 Å². The summed E-state index contributed by atoms with van der Waals surface area (Å²) in [6, 6.07) is 12.3. The van der Waals surface area contributed by atoms with Gasteiger partial charge in [-0.3, -0.25) is 4.79 Å². The third-order valence-corrected chi connectivity index (χ3v) is 7.30. The first kappa shape index (κ1) is 21.8. The summed E-state index contributed by atoms with van der Waals surface area (Å²) in [5.74, 6) is -0.123. The molecule has 1 aliphatic heterocycles. The van der Waals surface area contributed by atoms with Crippen LogP contribution in [0.15, 0.2) is 47.4 Å². The van der Waals surface area contributed by atoms with Crippen LogP contribution < -0.4 is 0 Å². The number of halogens is 1. The maximum atomic E-state index is 13.0. The number of carbonyl (C=O) groups is 1. The summed E-state index contributed by atoms with van der Waals surface area (Å²) in [6.45, 7) is 9.41. The minimum absolute atomic E-state index is 0.0348. The van der Waals surface area contributed by atoms with Crippen LogP contribution in [0.3, 0.4) is 0 Å². The molecule has 2 aromatic carbocycles. The molecule has 0 atom stereocenters. The van der Waals surface area contributed by atoms with E-state index in [-0.39, 0.29) is 29.3 Å². The van der Waals surface area contributed by atoms with E-state index < -0.39 is 10.0 Å². The molecule has 3 rings (SSSR count). The topological polar surface area (TPSA) is 57.7 Å². The first-order valence-corrected chi connectivity index (χ1v) is 11.5. The van der Waals surface area contributed by atoms with Crippen molar-refractivity contribution in [2.75, 3.05) is 26.2 Å². The molecule has 156 valence electrons. The van der Waals surface area contributed by atoms with Gasteiger partial charge in [-0.15, -0.1) is 0 Å². The molecule has 1 heterocycles. The summed E-state index contributed by atoms with van der Waals surface area (Å²) in [5.41, 5.74) is 2.50. The Morgan fingerprint density at radius 3 is 2.07 bits per heavy atom. The number of hydrogen-bond donors (Lipinski definition) is 0. The molecule has 2 aromatic rings. The fourth-order valence-corrected chi connectivity index (χ4v) is 5.16. The van der Waals surface area contributed by atoms with Gasteiger partial charge in [0.2, 0.25) is 10.0 Å². The molecule has 5 nitrogen and oxygen atoms in total. The fraction of sp³-hybridized carbons (Fsp3) is 0.409. The van der Waals surface area contributed by atoms with Crippen molar-refractivity contribution in [2.45, 2.75) is 38.0 Å². The van der Waals surface area contributed by atoms with Crippen LogP contribution in [0.5, 0.6) is 0 Å². The van der Waals surface area contributed by atoms with Gasteiger partial charge in [-0.05, 0) is 53.8 Å². The van der Waals surface area contributed by atoms with E-state index in [9.17, 15) is 13.2 Å². The van der Waals surface area contributed by atoms with E-state index in [1.807, 2.05) is 19.1 Å². The van der Waals surface area contributed by atoms with E-state index in [0.29, 0.717) is 23.7 Å². The van der Waals surface area contributed by atoms with Crippen LogP contribution in [0.1, 0.15) is 42.3 Å². The molecule has 7 heteroatoms. The number of rotatable bonds is 3. The Morgan fingerprint density at radius 2 is 1.55 bits per heavy atom. The SMILES string of the molecule is Cc1cc(Cl)cc(C(=O)N2CCN(S(=O)(=O)c3ccc(C(C)(C)C)cc3)CC2)c1. The predicted octanol–water partition coefficient (Wildman–Crippen LogP) is 4.09. The molecule has 0 N–H and O–H groups in total. The van der Waals surface area contributed by atoms with Crippen molar-refractivity contribution in [2.24, 2.45) is 0 Å². The Kier molecular flexibility index (Phi) is 6.08. The number of hydrogen-bond acceptors (Lipinski definition) is 3. The summed E-state index contributed by atoms with van der Waals surface area (Å²) < 4.78 is 27.4. The van der Waals surface area contributed by atoms with Gasteiger partial charge >= 0.3 is 0 Å². The van der Waals surface area contributed by atoms with Crippen molar-refractivity contribution in [3.05, 3.63) is 64.2 Å². The van der Waals surface area contributed by atoms with E-state index in [1.165, 1.54) is 4.31 Å². The third-order valence-electron chi connectivity index (χ3n) is 5.17. The Hall–Kier alpha value is -1.89. The van der Waals surface area contributed by atoms with E-state index >= 15 is 0 Å². The zero-order chi connectivity index (χ0) is 21.4. The van der Waals surface area contributed by atoms with Crippen LogP contribution in [0.4, 0.5) is 0 Å². The molecule has 0 unspecified atom stereocenters. The van der Waals surface area contributed by atoms with Gasteiger partial charge in [-0.25, -0.2) is 8.42 Å². The second-order valence-electron chi connectivity index (χ2n) is 8.49. The van der Waals surface area contributed by atoms with Crippen molar-refractivity contribution >= 4 is 27.5 Å². The van der Waals surface area contributed by atoms with E-state index in [1.54, 1.807) is 35.2 Å². The molecule has 1 aliphatic rings. The predicted molar refractivity (Wildman–Crippen MR) is 116 cm³/mol. The number of carbonyl (C=O) groups excluding carboxylic acids is 1. The lowest BCUT2D eigenvalue weighted by atomic mass is 9.87. The molecule has 0 radical (unpaired) electrons. The van der Waals surface area contributed by atoms with Crippen LogP contribution in [0, 0.1) is 6.92 Å². The highest BCUT2D eigenvalue weighted by molar-refractivity contribution is 7.89. The smallest absolute Gasteiger partial charge is 0.254 e. The second-order valence-corrected chi connectivity index (χ2v) is 10.9. The van der Waals surface area contributed by atoms with Crippen LogP contribution in [0.25, 0.3) is 0 Å². The maximum Gasteiger partial charge on any atom is 0.254 e. The molecular formula is C22H27ClN2O3S. The Bertz CT molecular complexity index is 983. The molecule has 0 aromatic heterocycles. The number of piperazine rings is 1. The average Bonchev–Trinajstić information content (AvgIpc) is 2.66. The molecule has 1 amide bonds. The Labute approximate surface area is 178 Å². The lowest BCUT2D eigenvalue weighted by Crippen LogP contribution is -2.50. The van der Waals surface area contributed by atoms with Crippen molar-refractivity contribution < 1.29 is 13.2 Å². The van der Waals surface area contributed by atoms with Gasteiger partial charge in [0.25, 0.3) is 5.91 Å². The molecule has 0 aliphatic carbocycles. The molecule has 0 bridgehead atoms. The monoisotopic (exact) mass is 434 g/mol. The highest BCUT2D eigenvalue weighted by Crippen LogP contribution is 2.25. The lowest BCUT2D eigenvalue weighted by molar-refractivity contribution is 0.0698. The van der Waals surface area contributed by atoms with E-state index in [4.69, 9.17) is 11.6 Å². The average molecular weight is 435 g/mol. The summed E-state index contributed by atoms with van der Waals surface area (Å²) in [7, 11) is -3.58. The fourth-order valence-electron chi connectivity index (χ4n) is 3.45. The van der Waals surface area contributed by atoms with E-state index in [0.717, 1.165) is 11.1 Å². The first-order valence-electron chi connectivity index (χ1n) is 9.66. The number of sulfonamides is 1. The van der Waals surface area contributed by atoms with Crippen molar-refractivity contribution in [1.82, 2.24) is 9.21 Å². The molecular weight excluding hydrogens is 408 g/mol. The van der Waals surface area contributed by atoms with Gasteiger partial charge in [-0.2, -0.15) is 4.31 Å². The Balaban J connectivity index is 1.70. The maximum absolute atomic E-state index is 13.0. The summed E-state index contributed by atoms with van der Waals surface area (Å²) in [5, 5.41) is 0.522. The number of benzene rings is 2. The van der Waals surface area contributed by atoms with Gasteiger partial charge < -0.3 is 4.90 Å². The number of aryl methyl sites for hydroxylation is 1. The molecule has 0 spiro atoms. The van der Waals surface area contributed by atoms with Crippen molar-refractivity contribution in [3.8, 4) is 0 Å². The third kappa shape index (κ3) is 4.82. The zero-order valence-corrected chi connectivity index (χ0v) is 18.8. The van der Waals surface area contributed by atoms with Crippen LogP contribution in [-0.4, -0.2) is 49.7 Å². The second kappa shape index (κ2) is 8.09. The molecule has 29 heavy (non-hydrogen) atoms. The summed E-state index contributed by atoms with van der Waals surface area (Å²) in [6.07, 6.45) is 0. The van der Waals surface area contributed by atoms with Crippen molar-refractivity contribution in [1.29, 1.82) is 0 Å². The van der Waals surface area contributed by atoms with Crippen LogP contribution >= 0.6 is 11.6 Å². The minimum atomic E-state index is -3.58. The standard InChI is InChI=1S/C22H27ClN2O3S/c1-16-13-17(15-19(23)14-16)21(26)24-9-11-25(12-10-24)29(27,28)20-7-5-18(6-8-20)22(2,3)4/h5-8,13-15H,9-12H2,1-4H3. The molecule has 1 saturated heterocycles. The first-order chi connectivity index (χ1) is 13.5. The van der Waals surface area contributed by atoms with Gasteiger partial charge in [0.1, 0.15) is 0 Å². The Morgan fingerprint density at radius 1 is 0.966 bits per heavy atom. The normalized spacial score (nSPS) is 16.1.